The van der Waals surface area contributed by atoms with Crippen LogP contribution >= 0.6 is 0 Å². The summed E-state index contributed by atoms with van der Waals surface area (Å²) in [5.74, 6) is -3.41. The molecule has 0 aliphatic rings. The average molecular weight is 341 g/mol. The van der Waals surface area contributed by atoms with Crippen molar-refractivity contribution in [3.8, 4) is 0 Å². The largest absolute Gasteiger partial charge is 1.00 e. The molecule has 0 aromatic carbocycles. The van der Waals surface area contributed by atoms with Gasteiger partial charge in [-0.05, 0) is 0 Å². The molecular weight excluding hydrogens is 331 g/mol. The second kappa shape index (κ2) is 8.00. The number of hydrogen-bond donors (Lipinski definition) is 5. The quantitative estimate of drug-likeness (QED) is 0.333. The number of nitrogens with one attached hydrogen (secondary N) is 1. The first-order valence-electron chi connectivity index (χ1n) is 3.49. The topological polar surface area (TPSA) is 159 Å². The van der Waals surface area contributed by atoms with Crippen LogP contribution in [-0.4, -0.2) is 61.8 Å². The van der Waals surface area contributed by atoms with Crippen molar-refractivity contribution in [1.82, 2.24) is 0 Å². The molecule has 0 aliphatic heterocycles. The summed E-state index contributed by atoms with van der Waals surface area (Å²) in [5, 5.41) is 43.4. The van der Waals surface area contributed by atoms with Gasteiger partial charge in [0.2, 0.25) is 0 Å². The fourth-order valence-electron chi connectivity index (χ4n) is 0.675. The molecule has 0 aromatic heterocycles. The summed E-state index contributed by atoms with van der Waals surface area (Å²) in [7, 11) is 0. The molecular formula is C6H10CsNO7. The molecule has 4 atom stereocenters. The van der Waals surface area contributed by atoms with Gasteiger partial charge in [-0.3, -0.25) is 0 Å². The molecule has 0 aliphatic carbocycles. The Kier molecular flexibility index (Phi) is 9.71. The van der Waals surface area contributed by atoms with Crippen molar-refractivity contribution in [2.45, 2.75) is 24.4 Å². The molecule has 1 amide bonds. The van der Waals surface area contributed by atoms with E-state index in [9.17, 15) is 9.59 Å². The van der Waals surface area contributed by atoms with Crippen LogP contribution in [0.2, 0.25) is 0 Å². The van der Waals surface area contributed by atoms with E-state index in [0.717, 1.165) is 0 Å². The number of rotatable bonds is 5. The van der Waals surface area contributed by atoms with Gasteiger partial charge in [0.15, 0.2) is 6.10 Å². The van der Waals surface area contributed by atoms with Crippen LogP contribution in [0.5, 0.6) is 0 Å². The van der Waals surface area contributed by atoms with Crippen molar-refractivity contribution in [2.75, 3.05) is 0 Å². The summed E-state index contributed by atoms with van der Waals surface area (Å²) in [6.07, 6.45) is -9.04. The number of carbonyl (C=O) groups excluding carboxylic acids is 1. The van der Waals surface area contributed by atoms with Crippen molar-refractivity contribution < 1.29 is 104 Å². The van der Waals surface area contributed by atoms with E-state index in [1.54, 1.807) is 0 Å². The van der Waals surface area contributed by atoms with Crippen molar-refractivity contribution in [1.29, 1.82) is 0 Å². The molecule has 3 unspecified atom stereocenters. The van der Waals surface area contributed by atoms with E-state index >= 15 is 0 Å². The number of carbonyl (C=O) groups is 2. The van der Waals surface area contributed by atoms with Gasteiger partial charge in [0.05, 0.1) is 5.91 Å². The maximum absolute atomic E-state index is 10.2. The van der Waals surface area contributed by atoms with Crippen LogP contribution < -0.4 is 68.9 Å². The third-order valence-electron chi connectivity index (χ3n) is 1.52. The second-order valence-corrected chi connectivity index (χ2v) is 2.57. The predicted octanol–water partition coefficient (Wildman–Crippen LogP) is -5.90. The molecule has 0 rings (SSSR count). The van der Waals surface area contributed by atoms with Crippen molar-refractivity contribution in [3.63, 3.8) is 0 Å². The fraction of sp³-hybridized carbons (Fsp3) is 0.667. The molecule has 0 bridgehead atoms. The van der Waals surface area contributed by atoms with Gasteiger partial charge in [-0.2, -0.15) is 0 Å². The second-order valence-electron chi connectivity index (χ2n) is 2.57. The zero-order chi connectivity index (χ0) is 11.5. The molecule has 9 heteroatoms. The summed E-state index contributed by atoms with van der Waals surface area (Å²) in [6.45, 7) is 0. The third-order valence-corrected chi connectivity index (χ3v) is 1.52. The maximum Gasteiger partial charge on any atom is 1.00 e. The van der Waals surface area contributed by atoms with Crippen molar-refractivity contribution in [3.05, 3.63) is 5.73 Å². The summed E-state index contributed by atoms with van der Waals surface area (Å²) in [6, 6.07) is 0. The molecule has 0 aromatic rings. The normalized spacial score (nSPS) is 18.1. The van der Waals surface area contributed by atoms with Gasteiger partial charge in [-0.25, -0.2) is 4.79 Å². The number of aliphatic hydroxyl groups is 4. The average Bonchev–Trinajstić information content (AvgIpc) is 2.12. The molecule has 0 saturated heterocycles. The molecule has 0 saturated carbocycles. The fourth-order valence-corrected chi connectivity index (χ4v) is 0.675. The minimum atomic E-state index is -2.33. The first-order valence-corrected chi connectivity index (χ1v) is 3.49. The Morgan fingerprint density at radius 2 is 1.27 bits per heavy atom. The molecule has 82 valence electrons. The number of hydrogen-bond acceptors (Lipinski definition) is 6. The summed E-state index contributed by atoms with van der Waals surface area (Å²) in [4.78, 5) is 20.3. The van der Waals surface area contributed by atoms with Crippen LogP contribution in [0, 0.1) is 0 Å². The number of amides is 1. The van der Waals surface area contributed by atoms with Crippen LogP contribution in [0.4, 0.5) is 0 Å². The van der Waals surface area contributed by atoms with Gasteiger partial charge in [0.25, 0.3) is 0 Å². The van der Waals surface area contributed by atoms with E-state index in [2.05, 4.69) is 0 Å². The van der Waals surface area contributed by atoms with Crippen LogP contribution in [0.15, 0.2) is 0 Å². The number of aliphatic hydroxyl groups excluding tert-OH is 4. The summed E-state index contributed by atoms with van der Waals surface area (Å²) >= 11 is 0. The zero-order valence-electron chi connectivity index (χ0n) is 7.86. The van der Waals surface area contributed by atoms with Gasteiger partial charge in [-0.1, -0.05) is 0 Å². The summed E-state index contributed by atoms with van der Waals surface area (Å²) in [5.41, 5.74) is 6.37. The minimum absolute atomic E-state index is 0. The van der Waals surface area contributed by atoms with Crippen molar-refractivity contribution in [2.24, 2.45) is 0 Å². The monoisotopic (exact) mass is 341 g/mol. The molecule has 0 spiro atoms. The third kappa shape index (κ3) is 5.63. The van der Waals surface area contributed by atoms with Crippen LogP contribution in [0.25, 0.3) is 5.73 Å². The molecule has 0 fully saturated rings. The predicted molar refractivity (Wildman–Crippen MR) is 41.0 cm³/mol. The summed E-state index contributed by atoms with van der Waals surface area (Å²) < 4.78 is 0. The van der Waals surface area contributed by atoms with E-state index in [0.29, 0.717) is 0 Å². The number of aliphatic carboxylic acids is 1. The minimum Gasteiger partial charge on any atom is -0.665 e. The molecule has 6 N–H and O–H groups in total. The molecule has 0 radical (unpaired) electrons. The number of carboxylic acid groups (broad SMARTS) is 1. The standard InChI is InChI=1S/C6H11NO7.Cs/c7-5(12)3(10)1(8)2(9)4(11)6(13)14;/h1-4,8-11H,(H3,7,12,13,14);/q;+1/p-1/t1?,2?,3?,4-;/m1./s1. The van der Waals surface area contributed by atoms with E-state index in [1.165, 1.54) is 0 Å². The Balaban J connectivity index is 0. The van der Waals surface area contributed by atoms with E-state index < -0.39 is 36.3 Å². The number of carboxylic acids is 1. The van der Waals surface area contributed by atoms with Gasteiger partial charge in [-0.15, -0.1) is 0 Å². The van der Waals surface area contributed by atoms with E-state index in [4.69, 9.17) is 31.3 Å². The smallest absolute Gasteiger partial charge is 0.665 e. The van der Waals surface area contributed by atoms with Gasteiger partial charge >= 0.3 is 74.9 Å². The Bertz CT molecular complexity index is 212. The van der Waals surface area contributed by atoms with Crippen LogP contribution in [-0.2, 0) is 9.59 Å². The zero-order valence-corrected chi connectivity index (χ0v) is 14.1. The van der Waals surface area contributed by atoms with Crippen LogP contribution in [0.1, 0.15) is 0 Å². The Hall–Kier alpha value is 0.832. The Morgan fingerprint density at radius 3 is 1.53 bits per heavy atom. The first-order chi connectivity index (χ1) is 6.29. The molecule has 0 heterocycles. The van der Waals surface area contributed by atoms with Gasteiger partial charge in [0, 0.05) is 0 Å². The molecule has 15 heavy (non-hydrogen) atoms. The van der Waals surface area contributed by atoms with E-state index in [1.807, 2.05) is 0 Å². The maximum atomic E-state index is 10.2. The Labute approximate surface area is 144 Å². The molecule has 8 nitrogen and oxygen atoms in total. The van der Waals surface area contributed by atoms with Gasteiger partial charge in [0.1, 0.15) is 18.3 Å². The SMILES string of the molecule is [Cs+].[NH-]C(=O)C(O)C(O)C(O)[C@@H](O)C(=O)O. The Morgan fingerprint density at radius 1 is 0.933 bits per heavy atom. The van der Waals surface area contributed by atoms with Gasteiger partial charge < -0.3 is 36.1 Å². The van der Waals surface area contributed by atoms with Crippen LogP contribution in [0.3, 0.4) is 0 Å². The van der Waals surface area contributed by atoms with E-state index in [-0.39, 0.29) is 68.9 Å². The van der Waals surface area contributed by atoms with Crippen molar-refractivity contribution >= 4 is 11.9 Å². The first kappa shape index (κ1) is 18.2.